The van der Waals surface area contributed by atoms with Crippen molar-refractivity contribution in [1.29, 1.82) is 0 Å². The van der Waals surface area contributed by atoms with Gasteiger partial charge in [0.05, 0.1) is 0 Å². The highest BCUT2D eigenvalue weighted by Gasteiger charge is 2.14. The summed E-state index contributed by atoms with van der Waals surface area (Å²) >= 11 is 0. The van der Waals surface area contributed by atoms with Gasteiger partial charge in [-0.15, -0.1) is 0 Å². The van der Waals surface area contributed by atoms with Crippen LogP contribution in [0.5, 0.6) is 0 Å². The third-order valence-corrected chi connectivity index (χ3v) is 2.91. The number of rotatable bonds is 5. The normalized spacial score (nSPS) is 13.4. The molecule has 1 rings (SSSR count). The molecule has 0 radical (unpaired) electrons. The topological polar surface area (TPSA) is 104 Å². The fourth-order valence-corrected chi connectivity index (χ4v) is 1.44. The third-order valence-electron chi connectivity index (χ3n) is 2.91. The van der Waals surface area contributed by atoms with Crippen molar-refractivity contribution < 1.29 is 14.7 Å². The molecular formula is C13H19N3O3. The number of hydrogen-bond donors (Lipinski definition) is 4. The highest BCUT2D eigenvalue weighted by molar-refractivity contribution is 5.95. The van der Waals surface area contributed by atoms with Gasteiger partial charge >= 0.3 is 6.03 Å². The van der Waals surface area contributed by atoms with Crippen LogP contribution in [0, 0.1) is 5.92 Å². The highest BCUT2D eigenvalue weighted by Crippen LogP contribution is 2.10. The number of primary amides is 1. The van der Waals surface area contributed by atoms with Crippen molar-refractivity contribution >= 4 is 17.6 Å². The van der Waals surface area contributed by atoms with Gasteiger partial charge in [-0.05, 0) is 37.1 Å². The molecule has 0 aliphatic carbocycles. The van der Waals surface area contributed by atoms with E-state index >= 15 is 0 Å². The first-order chi connectivity index (χ1) is 8.93. The van der Waals surface area contributed by atoms with E-state index in [1.165, 1.54) is 0 Å². The molecule has 5 N–H and O–H groups in total. The van der Waals surface area contributed by atoms with Crippen LogP contribution in [-0.4, -0.2) is 29.7 Å². The Morgan fingerprint density at radius 1 is 1.26 bits per heavy atom. The third kappa shape index (κ3) is 4.59. The van der Waals surface area contributed by atoms with E-state index in [2.05, 4.69) is 10.6 Å². The number of aliphatic hydroxyl groups excluding tert-OH is 1. The first-order valence-corrected chi connectivity index (χ1v) is 6.02. The molecule has 1 aromatic rings. The van der Waals surface area contributed by atoms with Crippen LogP contribution in [0.3, 0.4) is 0 Å². The summed E-state index contributed by atoms with van der Waals surface area (Å²) in [7, 11) is 0. The SMILES string of the molecule is CC(CO)C(C)NC(=O)c1ccc(NC(N)=O)cc1. The van der Waals surface area contributed by atoms with Gasteiger partial charge in [0, 0.05) is 23.9 Å². The van der Waals surface area contributed by atoms with Crippen LogP contribution in [0.4, 0.5) is 10.5 Å². The average Bonchev–Trinajstić information content (AvgIpc) is 2.37. The Morgan fingerprint density at radius 2 is 1.84 bits per heavy atom. The van der Waals surface area contributed by atoms with Crippen molar-refractivity contribution in [2.75, 3.05) is 11.9 Å². The summed E-state index contributed by atoms with van der Waals surface area (Å²) in [6, 6.07) is 5.61. The van der Waals surface area contributed by atoms with Crippen LogP contribution in [0.15, 0.2) is 24.3 Å². The summed E-state index contributed by atoms with van der Waals surface area (Å²) in [6.07, 6.45) is 0. The quantitative estimate of drug-likeness (QED) is 0.636. The largest absolute Gasteiger partial charge is 0.396 e. The maximum absolute atomic E-state index is 11.9. The van der Waals surface area contributed by atoms with E-state index in [0.29, 0.717) is 11.3 Å². The predicted molar refractivity (Wildman–Crippen MR) is 72.8 cm³/mol. The number of nitrogens with one attached hydrogen (secondary N) is 2. The standard InChI is InChI=1S/C13H19N3O3/c1-8(7-17)9(2)15-12(18)10-3-5-11(6-4-10)16-13(14)19/h3-6,8-9,17H,7H2,1-2H3,(H,15,18)(H3,14,16,19). The van der Waals surface area contributed by atoms with E-state index in [-0.39, 0.29) is 24.5 Å². The molecule has 0 heterocycles. The lowest BCUT2D eigenvalue weighted by Crippen LogP contribution is -2.38. The zero-order valence-corrected chi connectivity index (χ0v) is 11.0. The number of amides is 3. The highest BCUT2D eigenvalue weighted by atomic mass is 16.3. The summed E-state index contributed by atoms with van der Waals surface area (Å²) in [6.45, 7) is 3.70. The lowest BCUT2D eigenvalue weighted by atomic mass is 10.0. The predicted octanol–water partition coefficient (Wildman–Crippen LogP) is 0.924. The van der Waals surface area contributed by atoms with Gasteiger partial charge in [-0.2, -0.15) is 0 Å². The second-order valence-corrected chi connectivity index (χ2v) is 4.49. The molecule has 3 amide bonds. The van der Waals surface area contributed by atoms with E-state index < -0.39 is 6.03 Å². The number of aliphatic hydroxyl groups is 1. The van der Waals surface area contributed by atoms with Crippen molar-refractivity contribution in [1.82, 2.24) is 5.32 Å². The minimum absolute atomic E-state index is 0.0141. The molecule has 6 nitrogen and oxygen atoms in total. The number of hydrogen-bond acceptors (Lipinski definition) is 3. The number of benzene rings is 1. The fourth-order valence-electron chi connectivity index (χ4n) is 1.44. The Bertz CT molecular complexity index is 445. The van der Waals surface area contributed by atoms with E-state index in [9.17, 15) is 9.59 Å². The summed E-state index contributed by atoms with van der Waals surface area (Å²) in [5.41, 5.74) is 5.99. The first kappa shape index (κ1) is 15.0. The van der Waals surface area contributed by atoms with Crippen LogP contribution < -0.4 is 16.4 Å². The smallest absolute Gasteiger partial charge is 0.316 e. The molecule has 6 heteroatoms. The number of nitrogens with two attached hydrogens (primary N) is 1. The van der Waals surface area contributed by atoms with Gasteiger partial charge in [0.2, 0.25) is 0 Å². The zero-order chi connectivity index (χ0) is 14.4. The summed E-state index contributed by atoms with van der Waals surface area (Å²) in [5.74, 6) is -0.238. The molecule has 0 aromatic heterocycles. The van der Waals surface area contributed by atoms with E-state index in [1.54, 1.807) is 24.3 Å². The molecule has 2 atom stereocenters. The maximum Gasteiger partial charge on any atom is 0.316 e. The van der Waals surface area contributed by atoms with Gasteiger partial charge in [-0.1, -0.05) is 6.92 Å². The minimum Gasteiger partial charge on any atom is -0.396 e. The van der Waals surface area contributed by atoms with Crippen molar-refractivity contribution in [3.8, 4) is 0 Å². The van der Waals surface area contributed by atoms with Gasteiger partial charge in [-0.3, -0.25) is 4.79 Å². The Morgan fingerprint density at radius 3 is 2.32 bits per heavy atom. The molecule has 0 spiro atoms. The summed E-state index contributed by atoms with van der Waals surface area (Å²) < 4.78 is 0. The number of carbonyl (C=O) groups excluding carboxylic acids is 2. The van der Waals surface area contributed by atoms with Gasteiger partial charge in [-0.25, -0.2) is 4.79 Å². The van der Waals surface area contributed by atoms with Crippen LogP contribution in [-0.2, 0) is 0 Å². The molecule has 0 aliphatic rings. The van der Waals surface area contributed by atoms with Crippen molar-refractivity contribution in [2.45, 2.75) is 19.9 Å². The number of urea groups is 1. The molecule has 0 saturated heterocycles. The Hall–Kier alpha value is -2.08. The Kier molecular flexibility index (Phi) is 5.32. The first-order valence-electron chi connectivity index (χ1n) is 6.02. The molecule has 1 aromatic carbocycles. The van der Waals surface area contributed by atoms with Gasteiger partial charge in [0.15, 0.2) is 0 Å². The minimum atomic E-state index is -0.650. The monoisotopic (exact) mass is 265 g/mol. The zero-order valence-electron chi connectivity index (χ0n) is 11.0. The van der Waals surface area contributed by atoms with E-state index in [0.717, 1.165) is 0 Å². The van der Waals surface area contributed by atoms with Crippen molar-refractivity contribution in [2.24, 2.45) is 11.7 Å². The van der Waals surface area contributed by atoms with Gasteiger partial charge in [0.25, 0.3) is 5.91 Å². The maximum atomic E-state index is 11.9. The summed E-state index contributed by atoms with van der Waals surface area (Å²) in [4.78, 5) is 22.6. The average molecular weight is 265 g/mol. The molecule has 0 bridgehead atoms. The van der Waals surface area contributed by atoms with Crippen molar-refractivity contribution in [3.63, 3.8) is 0 Å². The molecular weight excluding hydrogens is 246 g/mol. The molecule has 2 unspecified atom stereocenters. The van der Waals surface area contributed by atoms with Crippen LogP contribution in [0.2, 0.25) is 0 Å². The second kappa shape index (κ2) is 6.75. The van der Waals surface area contributed by atoms with Crippen LogP contribution >= 0.6 is 0 Å². The number of anilines is 1. The second-order valence-electron chi connectivity index (χ2n) is 4.49. The number of carbonyl (C=O) groups is 2. The van der Waals surface area contributed by atoms with E-state index in [4.69, 9.17) is 10.8 Å². The van der Waals surface area contributed by atoms with Crippen LogP contribution in [0.25, 0.3) is 0 Å². The molecule has 0 saturated carbocycles. The van der Waals surface area contributed by atoms with Gasteiger partial charge in [0.1, 0.15) is 0 Å². The molecule has 104 valence electrons. The van der Waals surface area contributed by atoms with Crippen LogP contribution in [0.1, 0.15) is 24.2 Å². The Balaban J connectivity index is 2.65. The molecule has 19 heavy (non-hydrogen) atoms. The lowest BCUT2D eigenvalue weighted by molar-refractivity contribution is 0.0916. The summed E-state index contributed by atoms with van der Waals surface area (Å²) in [5, 5.41) is 14.2. The van der Waals surface area contributed by atoms with E-state index in [1.807, 2.05) is 13.8 Å². The van der Waals surface area contributed by atoms with Crippen molar-refractivity contribution in [3.05, 3.63) is 29.8 Å². The Labute approximate surface area is 112 Å². The lowest BCUT2D eigenvalue weighted by Gasteiger charge is -2.19. The fraction of sp³-hybridized carbons (Fsp3) is 0.385. The molecule has 0 fully saturated rings. The molecule has 0 aliphatic heterocycles. The van der Waals surface area contributed by atoms with Gasteiger partial charge < -0.3 is 21.5 Å².